The first-order valence-corrected chi connectivity index (χ1v) is 10.2. The molecule has 2 heterocycles. The minimum absolute atomic E-state index is 0.115. The number of pyridine rings is 1. The molecule has 1 aliphatic rings. The molecule has 0 saturated carbocycles. The second kappa shape index (κ2) is 8.09. The van der Waals surface area contributed by atoms with Gasteiger partial charge in [0.05, 0.1) is 18.2 Å². The monoisotopic (exact) mass is 394 g/mol. The van der Waals surface area contributed by atoms with E-state index in [-0.39, 0.29) is 22.9 Å². The molecule has 4 nitrogen and oxygen atoms in total. The molecule has 0 amide bonds. The zero-order valence-corrected chi connectivity index (χ0v) is 16.9. The van der Waals surface area contributed by atoms with Crippen LogP contribution in [0.2, 0.25) is 0 Å². The molecule has 0 bridgehead atoms. The highest BCUT2D eigenvalue weighted by Crippen LogP contribution is 2.36. The van der Waals surface area contributed by atoms with Crippen molar-refractivity contribution >= 4 is 10.9 Å². The molecular formula is C24H27FN2O2. The van der Waals surface area contributed by atoms with E-state index >= 15 is 0 Å². The molecule has 4 rings (SSSR count). The van der Waals surface area contributed by atoms with E-state index in [1.54, 1.807) is 6.07 Å². The average Bonchev–Trinajstić information content (AvgIpc) is 2.73. The lowest BCUT2D eigenvalue weighted by atomic mass is 9.74. The molecule has 152 valence electrons. The van der Waals surface area contributed by atoms with Gasteiger partial charge in [0.15, 0.2) is 0 Å². The van der Waals surface area contributed by atoms with Gasteiger partial charge in [0.1, 0.15) is 5.82 Å². The number of piperidine rings is 1. The molecule has 1 fully saturated rings. The number of rotatable bonds is 5. The van der Waals surface area contributed by atoms with Gasteiger partial charge in [-0.3, -0.25) is 4.79 Å². The van der Waals surface area contributed by atoms with Crippen LogP contribution in [0.5, 0.6) is 0 Å². The van der Waals surface area contributed by atoms with Gasteiger partial charge in [0.25, 0.3) is 0 Å². The number of halogens is 1. The molecule has 2 N–H and O–H groups in total. The first kappa shape index (κ1) is 19.8. The molecule has 1 unspecified atom stereocenters. The van der Waals surface area contributed by atoms with Gasteiger partial charge in [-0.1, -0.05) is 23.8 Å². The van der Waals surface area contributed by atoms with Crippen molar-refractivity contribution in [1.29, 1.82) is 0 Å². The van der Waals surface area contributed by atoms with Crippen molar-refractivity contribution in [2.75, 3.05) is 19.7 Å². The molecule has 0 radical (unpaired) electrons. The van der Waals surface area contributed by atoms with Crippen LogP contribution in [0.15, 0.2) is 53.3 Å². The summed E-state index contributed by atoms with van der Waals surface area (Å²) in [5.74, 6) is -0.220. The Balaban J connectivity index is 1.63. The highest BCUT2D eigenvalue weighted by atomic mass is 19.1. The molecule has 1 aromatic heterocycles. The van der Waals surface area contributed by atoms with Crippen molar-refractivity contribution < 1.29 is 9.13 Å². The van der Waals surface area contributed by atoms with E-state index in [9.17, 15) is 9.18 Å². The van der Waals surface area contributed by atoms with E-state index in [1.807, 2.05) is 32.0 Å². The van der Waals surface area contributed by atoms with Crippen LogP contribution in [0.4, 0.5) is 4.39 Å². The molecule has 1 atom stereocenters. The molecule has 29 heavy (non-hydrogen) atoms. The molecule has 0 aliphatic carbocycles. The van der Waals surface area contributed by atoms with Crippen LogP contribution in [0.3, 0.4) is 0 Å². The number of H-pyrrole nitrogens is 1. The number of fused-ring (bicyclic) bond motifs is 1. The summed E-state index contributed by atoms with van der Waals surface area (Å²) in [7, 11) is 0. The molecule has 2 aromatic carbocycles. The van der Waals surface area contributed by atoms with Crippen LogP contribution in [0.25, 0.3) is 10.9 Å². The summed E-state index contributed by atoms with van der Waals surface area (Å²) < 4.78 is 19.9. The van der Waals surface area contributed by atoms with Gasteiger partial charge in [0.2, 0.25) is 5.56 Å². The van der Waals surface area contributed by atoms with Gasteiger partial charge in [-0.25, -0.2) is 4.39 Å². The first-order chi connectivity index (χ1) is 14.0. The standard InChI is InChI=1S/C24H27FN2O2/c1-16-13-18-3-8-22(28)27-23(18)21(14-16)17(2)29-15-24(9-11-26-12-10-24)19-4-6-20(25)7-5-19/h3-8,13-14,17,26H,9-12,15H2,1-2H3,(H,27,28). The third-order valence-corrected chi connectivity index (χ3v) is 6.07. The summed E-state index contributed by atoms with van der Waals surface area (Å²) in [6.07, 6.45) is 1.70. The van der Waals surface area contributed by atoms with E-state index in [1.165, 1.54) is 12.1 Å². The maximum atomic E-state index is 13.5. The van der Waals surface area contributed by atoms with Crippen molar-refractivity contribution in [2.45, 2.75) is 38.2 Å². The van der Waals surface area contributed by atoms with E-state index in [0.717, 1.165) is 53.5 Å². The largest absolute Gasteiger partial charge is 0.373 e. The van der Waals surface area contributed by atoms with Gasteiger partial charge >= 0.3 is 0 Å². The minimum atomic E-state index is -0.220. The smallest absolute Gasteiger partial charge is 0.248 e. The Bertz CT molecular complexity index is 1050. The summed E-state index contributed by atoms with van der Waals surface area (Å²) in [6.45, 7) is 6.45. The number of aryl methyl sites for hydroxylation is 1. The Morgan fingerprint density at radius 1 is 1.10 bits per heavy atom. The second-order valence-electron chi connectivity index (χ2n) is 8.13. The third-order valence-electron chi connectivity index (χ3n) is 6.07. The van der Waals surface area contributed by atoms with Gasteiger partial charge in [0, 0.05) is 17.0 Å². The topological polar surface area (TPSA) is 54.1 Å². The maximum Gasteiger partial charge on any atom is 0.248 e. The summed E-state index contributed by atoms with van der Waals surface area (Å²) in [6, 6.07) is 14.4. The number of benzene rings is 2. The maximum absolute atomic E-state index is 13.5. The Morgan fingerprint density at radius 2 is 1.83 bits per heavy atom. The number of nitrogens with one attached hydrogen (secondary N) is 2. The lowest BCUT2D eigenvalue weighted by molar-refractivity contribution is 0.0172. The Hall–Kier alpha value is -2.50. The fourth-order valence-corrected chi connectivity index (χ4v) is 4.37. The lowest BCUT2D eigenvalue weighted by Crippen LogP contribution is -2.43. The molecule has 1 saturated heterocycles. The van der Waals surface area contributed by atoms with Crippen molar-refractivity contribution in [2.24, 2.45) is 0 Å². The SMILES string of the molecule is Cc1cc(C(C)OCC2(c3ccc(F)cc3)CCNCC2)c2[nH]c(=O)ccc2c1. The van der Waals surface area contributed by atoms with Crippen LogP contribution in [0.1, 0.15) is 42.6 Å². The van der Waals surface area contributed by atoms with Crippen molar-refractivity contribution in [3.8, 4) is 0 Å². The highest BCUT2D eigenvalue weighted by molar-refractivity contribution is 5.82. The summed E-state index contributed by atoms with van der Waals surface area (Å²) >= 11 is 0. The lowest BCUT2D eigenvalue weighted by Gasteiger charge is -2.39. The van der Waals surface area contributed by atoms with Crippen molar-refractivity contribution in [1.82, 2.24) is 10.3 Å². The summed E-state index contributed by atoms with van der Waals surface area (Å²) in [5, 5.41) is 4.41. The molecule has 1 aliphatic heterocycles. The minimum Gasteiger partial charge on any atom is -0.373 e. The molecule has 5 heteroatoms. The fourth-order valence-electron chi connectivity index (χ4n) is 4.37. The predicted molar refractivity (Wildman–Crippen MR) is 114 cm³/mol. The van der Waals surface area contributed by atoms with Crippen LogP contribution in [-0.2, 0) is 10.2 Å². The van der Waals surface area contributed by atoms with E-state index in [2.05, 4.69) is 22.4 Å². The number of ether oxygens (including phenoxy) is 1. The normalized spacial score (nSPS) is 17.3. The second-order valence-corrected chi connectivity index (χ2v) is 8.13. The third kappa shape index (κ3) is 4.11. The summed E-state index contributed by atoms with van der Waals surface area (Å²) in [4.78, 5) is 14.8. The quantitative estimate of drug-likeness (QED) is 0.675. The Labute approximate surface area is 170 Å². The fraction of sp³-hybridized carbons (Fsp3) is 0.375. The van der Waals surface area contributed by atoms with Gasteiger partial charge in [-0.15, -0.1) is 0 Å². The molecule has 3 aromatic rings. The zero-order chi connectivity index (χ0) is 20.4. The van der Waals surface area contributed by atoms with E-state index < -0.39 is 0 Å². The number of aromatic amines is 1. The van der Waals surface area contributed by atoms with Crippen molar-refractivity contribution in [3.63, 3.8) is 0 Å². The van der Waals surface area contributed by atoms with Gasteiger partial charge in [-0.05, 0) is 75.0 Å². The Morgan fingerprint density at radius 3 is 2.55 bits per heavy atom. The average molecular weight is 394 g/mol. The van der Waals surface area contributed by atoms with Crippen LogP contribution < -0.4 is 10.9 Å². The van der Waals surface area contributed by atoms with Crippen molar-refractivity contribution in [3.05, 3.63) is 81.4 Å². The number of hydrogen-bond donors (Lipinski definition) is 2. The Kier molecular flexibility index (Phi) is 5.52. The molecule has 0 spiro atoms. The number of hydrogen-bond acceptors (Lipinski definition) is 3. The zero-order valence-electron chi connectivity index (χ0n) is 16.9. The van der Waals surface area contributed by atoms with E-state index in [4.69, 9.17) is 4.74 Å². The highest BCUT2D eigenvalue weighted by Gasteiger charge is 2.35. The van der Waals surface area contributed by atoms with Crippen LogP contribution in [-0.4, -0.2) is 24.7 Å². The van der Waals surface area contributed by atoms with Crippen LogP contribution >= 0.6 is 0 Å². The van der Waals surface area contributed by atoms with Gasteiger partial charge in [-0.2, -0.15) is 0 Å². The predicted octanol–water partition coefficient (Wildman–Crippen LogP) is 4.37. The van der Waals surface area contributed by atoms with E-state index in [0.29, 0.717) is 6.61 Å². The number of aromatic nitrogens is 1. The molecular weight excluding hydrogens is 367 g/mol. The van der Waals surface area contributed by atoms with Crippen LogP contribution in [0, 0.1) is 12.7 Å². The summed E-state index contributed by atoms with van der Waals surface area (Å²) in [5.41, 5.74) is 3.81. The first-order valence-electron chi connectivity index (χ1n) is 10.2. The van der Waals surface area contributed by atoms with Gasteiger partial charge < -0.3 is 15.0 Å².